The summed E-state index contributed by atoms with van der Waals surface area (Å²) >= 11 is 1.51. The third-order valence-electron chi connectivity index (χ3n) is 3.83. The fourth-order valence-electron chi connectivity index (χ4n) is 2.75. The van der Waals surface area contributed by atoms with Crippen molar-refractivity contribution in [2.75, 3.05) is 11.4 Å². The van der Waals surface area contributed by atoms with Gasteiger partial charge < -0.3 is 4.90 Å². The van der Waals surface area contributed by atoms with Crippen LogP contribution in [0.4, 0.5) is 10.1 Å². The van der Waals surface area contributed by atoms with Crippen molar-refractivity contribution >= 4 is 27.1 Å². The van der Waals surface area contributed by atoms with Crippen LogP contribution in [0.25, 0.3) is 10.1 Å². The number of hydrogen-bond donors (Lipinski definition) is 0. The molecule has 100 valence electrons. The zero-order chi connectivity index (χ0) is 13.4. The highest BCUT2D eigenvalue weighted by Gasteiger charge is 2.21. The van der Waals surface area contributed by atoms with Crippen LogP contribution in [0, 0.1) is 5.82 Å². The van der Waals surface area contributed by atoms with Gasteiger partial charge in [0.05, 0.1) is 5.69 Å². The molecule has 0 saturated carbocycles. The van der Waals surface area contributed by atoms with Crippen LogP contribution in [-0.2, 0) is 0 Å². The molecule has 0 aliphatic carbocycles. The number of rotatable bonds is 1. The fourth-order valence-corrected chi connectivity index (χ4v) is 3.65. The normalized spacial score (nSPS) is 19.9. The molecule has 2 heterocycles. The molecule has 0 radical (unpaired) electrons. The van der Waals surface area contributed by atoms with E-state index in [-0.39, 0.29) is 11.2 Å². The van der Waals surface area contributed by atoms with Crippen molar-refractivity contribution in [3.05, 3.63) is 39.6 Å². The highest BCUT2D eigenvalue weighted by Crippen LogP contribution is 2.26. The Bertz CT molecular complexity index is 667. The first-order valence-corrected chi connectivity index (χ1v) is 7.52. The van der Waals surface area contributed by atoms with Gasteiger partial charge in [-0.3, -0.25) is 4.79 Å². The van der Waals surface area contributed by atoms with E-state index >= 15 is 0 Å². The quantitative estimate of drug-likeness (QED) is 0.790. The van der Waals surface area contributed by atoms with Gasteiger partial charge in [0.2, 0.25) is 5.43 Å². The molecule has 1 saturated heterocycles. The first kappa shape index (κ1) is 12.6. The van der Waals surface area contributed by atoms with Crippen LogP contribution in [0.3, 0.4) is 0 Å². The lowest BCUT2D eigenvalue weighted by Crippen LogP contribution is -2.39. The van der Waals surface area contributed by atoms with E-state index in [1.54, 1.807) is 6.07 Å². The molecule has 1 aromatic heterocycles. The predicted octanol–water partition coefficient (Wildman–Crippen LogP) is 3.78. The Morgan fingerprint density at radius 2 is 2.21 bits per heavy atom. The molecule has 0 spiro atoms. The monoisotopic (exact) mass is 277 g/mol. The molecule has 0 N–H and O–H groups in total. The molecular formula is C15H16FNOS. The van der Waals surface area contributed by atoms with Gasteiger partial charge in [0, 0.05) is 28.1 Å². The van der Waals surface area contributed by atoms with Crippen molar-refractivity contribution in [3.8, 4) is 0 Å². The number of piperidine rings is 1. The smallest absolute Gasteiger partial charge is 0.211 e. The first-order chi connectivity index (χ1) is 9.16. The van der Waals surface area contributed by atoms with Crippen molar-refractivity contribution in [2.24, 2.45) is 0 Å². The molecule has 19 heavy (non-hydrogen) atoms. The summed E-state index contributed by atoms with van der Waals surface area (Å²) < 4.78 is 14.2. The number of benzene rings is 1. The average molecular weight is 277 g/mol. The Morgan fingerprint density at radius 3 is 3.00 bits per heavy atom. The van der Waals surface area contributed by atoms with Crippen molar-refractivity contribution in [1.82, 2.24) is 0 Å². The third kappa shape index (κ3) is 2.25. The second kappa shape index (κ2) is 4.93. The first-order valence-electron chi connectivity index (χ1n) is 6.64. The summed E-state index contributed by atoms with van der Waals surface area (Å²) in [5.74, 6) is -0.347. The second-order valence-electron chi connectivity index (χ2n) is 5.13. The average Bonchev–Trinajstić information content (AvgIpc) is 2.41. The van der Waals surface area contributed by atoms with E-state index in [4.69, 9.17) is 0 Å². The van der Waals surface area contributed by atoms with Crippen LogP contribution >= 0.6 is 11.3 Å². The van der Waals surface area contributed by atoms with E-state index in [2.05, 4.69) is 11.8 Å². The van der Waals surface area contributed by atoms with Gasteiger partial charge in [-0.1, -0.05) is 0 Å². The topological polar surface area (TPSA) is 20.3 Å². The van der Waals surface area contributed by atoms with E-state index in [9.17, 15) is 9.18 Å². The Balaban J connectivity index is 2.14. The number of halogens is 1. The Morgan fingerprint density at radius 1 is 1.37 bits per heavy atom. The summed E-state index contributed by atoms with van der Waals surface area (Å²) in [6.07, 6.45) is 3.46. The van der Waals surface area contributed by atoms with Gasteiger partial charge in [0.1, 0.15) is 5.82 Å². The molecule has 3 rings (SSSR count). The minimum Gasteiger partial charge on any atom is -0.365 e. The zero-order valence-corrected chi connectivity index (χ0v) is 11.7. The number of hydrogen-bond acceptors (Lipinski definition) is 3. The Hall–Kier alpha value is -1.42. The molecule has 1 fully saturated rings. The number of anilines is 1. The lowest BCUT2D eigenvalue weighted by atomic mass is 10.0. The summed E-state index contributed by atoms with van der Waals surface area (Å²) in [6, 6.07) is 4.83. The molecule has 2 aromatic rings. The van der Waals surface area contributed by atoms with E-state index in [1.165, 1.54) is 29.9 Å². The molecule has 0 unspecified atom stereocenters. The molecule has 0 bridgehead atoms. The van der Waals surface area contributed by atoms with Crippen molar-refractivity contribution in [2.45, 2.75) is 32.2 Å². The maximum Gasteiger partial charge on any atom is 0.211 e. The molecule has 1 atom stereocenters. The largest absolute Gasteiger partial charge is 0.365 e. The second-order valence-corrected chi connectivity index (χ2v) is 6.04. The Labute approximate surface area is 115 Å². The summed E-state index contributed by atoms with van der Waals surface area (Å²) in [7, 11) is 0. The van der Waals surface area contributed by atoms with Gasteiger partial charge >= 0.3 is 0 Å². The Kier molecular flexibility index (Phi) is 3.27. The van der Waals surface area contributed by atoms with Gasteiger partial charge in [-0.05, 0) is 44.4 Å². The van der Waals surface area contributed by atoms with Gasteiger partial charge in [0.25, 0.3) is 0 Å². The molecular weight excluding hydrogens is 261 g/mol. The van der Waals surface area contributed by atoms with Crippen molar-refractivity contribution in [1.29, 1.82) is 0 Å². The highest BCUT2D eigenvalue weighted by atomic mass is 32.1. The summed E-state index contributed by atoms with van der Waals surface area (Å²) in [5, 5.41) is 2.42. The van der Waals surface area contributed by atoms with Gasteiger partial charge in [-0.15, -0.1) is 11.3 Å². The maximum atomic E-state index is 13.3. The van der Waals surface area contributed by atoms with Crippen LogP contribution < -0.4 is 10.3 Å². The molecule has 1 aromatic carbocycles. The third-order valence-corrected chi connectivity index (χ3v) is 4.78. The predicted molar refractivity (Wildman–Crippen MR) is 78.7 cm³/mol. The van der Waals surface area contributed by atoms with E-state index in [1.807, 2.05) is 5.38 Å². The summed E-state index contributed by atoms with van der Waals surface area (Å²) in [4.78, 5) is 14.7. The standard InChI is InChI=1S/C15H16FNOS/c1-10-4-2-3-7-17(10)13-9-19-14-6-5-11(16)8-12(14)15(13)18/h5-6,8-10H,2-4,7H2,1H3/t10-/m0/s1. The zero-order valence-electron chi connectivity index (χ0n) is 10.9. The minimum absolute atomic E-state index is 0.0398. The molecule has 1 aliphatic heterocycles. The van der Waals surface area contributed by atoms with Crippen LogP contribution in [-0.4, -0.2) is 12.6 Å². The van der Waals surface area contributed by atoms with E-state index < -0.39 is 0 Å². The van der Waals surface area contributed by atoms with Crippen LogP contribution in [0.2, 0.25) is 0 Å². The fraction of sp³-hybridized carbons (Fsp3) is 0.400. The minimum atomic E-state index is -0.347. The van der Waals surface area contributed by atoms with E-state index in [0.29, 0.717) is 11.4 Å². The summed E-state index contributed by atoms with van der Waals surface area (Å²) in [6.45, 7) is 3.07. The summed E-state index contributed by atoms with van der Waals surface area (Å²) in [5.41, 5.74) is 0.692. The van der Waals surface area contributed by atoms with Crippen LogP contribution in [0.5, 0.6) is 0 Å². The maximum absolute atomic E-state index is 13.3. The number of fused-ring (bicyclic) bond motifs is 1. The van der Waals surface area contributed by atoms with Gasteiger partial charge in [0.15, 0.2) is 0 Å². The lowest BCUT2D eigenvalue weighted by molar-refractivity contribution is 0.484. The molecule has 0 amide bonds. The SMILES string of the molecule is C[C@H]1CCCCN1c1csc2ccc(F)cc2c1=O. The lowest BCUT2D eigenvalue weighted by Gasteiger charge is -2.34. The highest BCUT2D eigenvalue weighted by molar-refractivity contribution is 7.16. The van der Waals surface area contributed by atoms with Gasteiger partial charge in [-0.25, -0.2) is 4.39 Å². The number of nitrogens with zero attached hydrogens (tertiary/aromatic N) is 1. The van der Waals surface area contributed by atoms with Gasteiger partial charge in [-0.2, -0.15) is 0 Å². The van der Waals surface area contributed by atoms with Crippen molar-refractivity contribution in [3.63, 3.8) is 0 Å². The van der Waals surface area contributed by atoms with Crippen molar-refractivity contribution < 1.29 is 4.39 Å². The molecule has 2 nitrogen and oxygen atoms in total. The molecule has 1 aliphatic rings. The molecule has 4 heteroatoms. The van der Waals surface area contributed by atoms with Crippen LogP contribution in [0.1, 0.15) is 26.2 Å². The van der Waals surface area contributed by atoms with E-state index in [0.717, 1.165) is 29.8 Å². The van der Waals surface area contributed by atoms with Crippen LogP contribution in [0.15, 0.2) is 28.4 Å².